The number of hydrogen-bond donors (Lipinski definition) is 1. The number of carbonyl (C=O) groups excluding carboxylic acids is 1. The molecule has 1 atom stereocenters. The van der Waals surface area contributed by atoms with Crippen LogP contribution in [0, 0.1) is 12.3 Å². The second-order valence-corrected chi connectivity index (χ2v) is 8.01. The predicted octanol–water partition coefficient (Wildman–Crippen LogP) is 4.35. The van der Waals surface area contributed by atoms with Crippen molar-refractivity contribution >= 4 is 16.8 Å². The van der Waals surface area contributed by atoms with E-state index in [2.05, 4.69) is 5.32 Å². The van der Waals surface area contributed by atoms with Crippen LogP contribution in [-0.2, 0) is 11.2 Å². The maximum atomic E-state index is 12.6. The molecule has 27 heavy (non-hydrogen) atoms. The van der Waals surface area contributed by atoms with Gasteiger partial charge in [0.1, 0.15) is 0 Å². The highest BCUT2D eigenvalue weighted by Gasteiger charge is 2.28. The molecule has 1 heterocycles. The Morgan fingerprint density at radius 2 is 1.74 bits per heavy atom. The van der Waals surface area contributed by atoms with E-state index >= 15 is 0 Å². The number of ketones is 1. The Morgan fingerprint density at radius 3 is 2.37 bits per heavy atom. The van der Waals surface area contributed by atoms with E-state index in [0.717, 1.165) is 33.5 Å². The van der Waals surface area contributed by atoms with Crippen molar-refractivity contribution in [2.24, 2.45) is 5.41 Å². The first-order chi connectivity index (χ1) is 12.8. The van der Waals surface area contributed by atoms with E-state index in [-0.39, 0.29) is 17.2 Å². The Labute approximate surface area is 161 Å². The third-order valence-corrected chi connectivity index (χ3v) is 4.79. The van der Waals surface area contributed by atoms with Gasteiger partial charge in [-0.25, -0.2) is 9.97 Å². The van der Waals surface area contributed by atoms with Crippen LogP contribution < -0.4 is 5.32 Å². The number of nitrogens with one attached hydrogen (secondary N) is 1. The maximum Gasteiger partial charge on any atom is 0.155 e. The number of likely N-dealkylation sites (N-methyl/N-ethyl adjacent to an activating group) is 1. The third kappa shape index (κ3) is 4.22. The Bertz CT molecular complexity index is 959. The molecule has 4 heteroatoms. The van der Waals surface area contributed by atoms with Gasteiger partial charge in [-0.2, -0.15) is 0 Å². The van der Waals surface area contributed by atoms with Gasteiger partial charge < -0.3 is 5.32 Å². The standard InChI is InChI=1S/C23H27N3O/c1-15-21(17-9-7-6-8-10-17)26-18-12-11-16(13-19(18)25-15)14-20(24-5)22(27)23(2,3)4/h6-13,20,24H,14H2,1-5H3. The van der Waals surface area contributed by atoms with Crippen LogP contribution in [0.15, 0.2) is 48.5 Å². The maximum absolute atomic E-state index is 12.6. The Balaban J connectivity index is 1.93. The number of benzene rings is 2. The molecule has 0 radical (unpaired) electrons. The first-order valence-corrected chi connectivity index (χ1v) is 9.34. The van der Waals surface area contributed by atoms with Crippen LogP contribution in [0.1, 0.15) is 32.0 Å². The summed E-state index contributed by atoms with van der Waals surface area (Å²) in [5.74, 6) is 0.215. The number of hydrogen-bond acceptors (Lipinski definition) is 4. The van der Waals surface area contributed by atoms with Gasteiger partial charge >= 0.3 is 0 Å². The van der Waals surface area contributed by atoms with E-state index < -0.39 is 0 Å². The minimum atomic E-state index is -0.370. The Morgan fingerprint density at radius 1 is 1.04 bits per heavy atom. The molecule has 0 bridgehead atoms. The highest BCUT2D eigenvalue weighted by atomic mass is 16.1. The van der Waals surface area contributed by atoms with E-state index in [1.54, 1.807) is 0 Å². The average Bonchev–Trinajstić information content (AvgIpc) is 2.64. The lowest BCUT2D eigenvalue weighted by atomic mass is 9.84. The van der Waals surface area contributed by atoms with Gasteiger partial charge in [0.05, 0.1) is 28.5 Å². The number of fused-ring (bicyclic) bond motifs is 1. The van der Waals surface area contributed by atoms with Crippen molar-refractivity contribution < 1.29 is 4.79 Å². The summed E-state index contributed by atoms with van der Waals surface area (Å²) in [6.07, 6.45) is 0.643. The van der Waals surface area contributed by atoms with E-state index in [1.807, 2.05) is 83.3 Å². The number of nitrogens with zero attached hydrogens (tertiary/aromatic N) is 2. The normalized spacial score (nSPS) is 12.9. The topological polar surface area (TPSA) is 54.9 Å². The average molecular weight is 361 g/mol. The molecule has 0 amide bonds. The quantitative estimate of drug-likeness (QED) is 0.734. The molecular formula is C23H27N3O. The van der Waals surface area contributed by atoms with Crippen molar-refractivity contribution in [2.75, 3.05) is 7.05 Å². The van der Waals surface area contributed by atoms with Crippen molar-refractivity contribution in [3.8, 4) is 11.3 Å². The van der Waals surface area contributed by atoms with Crippen LogP contribution in [0.5, 0.6) is 0 Å². The lowest BCUT2D eigenvalue weighted by Crippen LogP contribution is -2.42. The first kappa shape index (κ1) is 19.2. The number of rotatable bonds is 5. The van der Waals surface area contributed by atoms with Gasteiger partial charge in [-0.15, -0.1) is 0 Å². The zero-order chi connectivity index (χ0) is 19.6. The molecule has 0 fully saturated rings. The molecule has 0 saturated carbocycles. The molecule has 4 nitrogen and oxygen atoms in total. The molecule has 2 aromatic carbocycles. The highest BCUT2D eigenvalue weighted by molar-refractivity contribution is 5.89. The largest absolute Gasteiger partial charge is 0.310 e. The predicted molar refractivity (Wildman–Crippen MR) is 111 cm³/mol. The molecule has 3 aromatic rings. The van der Waals surface area contributed by atoms with Crippen molar-refractivity contribution in [2.45, 2.75) is 40.2 Å². The number of carbonyl (C=O) groups is 1. The van der Waals surface area contributed by atoms with Crippen molar-refractivity contribution in [1.82, 2.24) is 15.3 Å². The van der Waals surface area contributed by atoms with E-state index in [9.17, 15) is 4.79 Å². The van der Waals surface area contributed by atoms with E-state index in [4.69, 9.17) is 9.97 Å². The molecule has 0 aliphatic carbocycles. The second-order valence-electron chi connectivity index (χ2n) is 8.01. The Hall–Kier alpha value is -2.59. The Kier molecular flexibility index (Phi) is 5.38. The molecule has 0 spiro atoms. The second kappa shape index (κ2) is 7.57. The molecule has 0 aliphatic rings. The summed E-state index contributed by atoms with van der Waals surface area (Å²) in [7, 11) is 1.84. The van der Waals surface area contributed by atoms with Crippen LogP contribution in [0.4, 0.5) is 0 Å². The monoisotopic (exact) mass is 361 g/mol. The summed E-state index contributed by atoms with van der Waals surface area (Å²) in [6.45, 7) is 7.86. The zero-order valence-electron chi connectivity index (χ0n) is 16.7. The fourth-order valence-electron chi connectivity index (χ4n) is 3.27. The summed E-state index contributed by atoms with van der Waals surface area (Å²) in [6, 6.07) is 16.0. The molecule has 1 aromatic heterocycles. The summed E-state index contributed by atoms with van der Waals surface area (Å²) in [5.41, 5.74) is 5.33. The summed E-state index contributed by atoms with van der Waals surface area (Å²) in [5, 5.41) is 3.16. The molecule has 0 saturated heterocycles. The first-order valence-electron chi connectivity index (χ1n) is 9.34. The van der Waals surface area contributed by atoms with Gasteiger partial charge in [0, 0.05) is 11.0 Å². The summed E-state index contributed by atoms with van der Waals surface area (Å²) >= 11 is 0. The lowest BCUT2D eigenvalue weighted by Gasteiger charge is -2.24. The minimum Gasteiger partial charge on any atom is -0.310 e. The van der Waals surface area contributed by atoms with Gasteiger partial charge in [0.2, 0.25) is 0 Å². The molecule has 3 rings (SSSR count). The number of aryl methyl sites for hydroxylation is 1. The molecule has 140 valence electrons. The molecule has 1 unspecified atom stereocenters. The van der Waals surface area contributed by atoms with Gasteiger partial charge in [0.25, 0.3) is 0 Å². The molecular weight excluding hydrogens is 334 g/mol. The van der Waals surface area contributed by atoms with E-state index in [1.165, 1.54) is 0 Å². The van der Waals surface area contributed by atoms with Crippen LogP contribution in [-0.4, -0.2) is 28.8 Å². The van der Waals surface area contributed by atoms with Crippen LogP contribution in [0.3, 0.4) is 0 Å². The van der Waals surface area contributed by atoms with E-state index in [0.29, 0.717) is 6.42 Å². The van der Waals surface area contributed by atoms with Crippen molar-refractivity contribution in [3.63, 3.8) is 0 Å². The van der Waals surface area contributed by atoms with Gasteiger partial charge in [-0.3, -0.25) is 4.79 Å². The lowest BCUT2D eigenvalue weighted by molar-refractivity contribution is -0.128. The highest BCUT2D eigenvalue weighted by Crippen LogP contribution is 2.24. The van der Waals surface area contributed by atoms with Gasteiger partial charge in [-0.05, 0) is 38.1 Å². The SMILES string of the molecule is CNC(Cc1ccc2nc(-c3ccccc3)c(C)nc2c1)C(=O)C(C)(C)C. The third-order valence-electron chi connectivity index (χ3n) is 4.79. The number of Topliss-reactive ketones (excluding diaryl/α,β-unsaturated/α-hetero) is 1. The zero-order valence-corrected chi connectivity index (χ0v) is 16.7. The fraction of sp³-hybridized carbons (Fsp3) is 0.348. The van der Waals surface area contributed by atoms with Crippen LogP contribution in [0.25, 0.3) is 22.3 Å². The van der Waals surface area contributed by atoms with Crippen LogP contribution in [0.2, 0.25) is 0 Å². The van der Waals surface area contributed by atoms with Crippen molar-refractivity contribution in [3.05, 3.63) is 59.8 Å². The smallest absolute Gasteiger partial charge is 0.155 e. The van der Waals surface area contributed by atoms with Crippen LogP contribution >= 0.6 is 0 Å². The summed E-state index contributed by atoms with van der Waals surface area (Å²) in [4.78, 5) is 22.2. The molecule has 0 aliphatic heterocycles. The minimum absolute atomic E-state index is 0.208. The number of aromatic nitrogens is 2. The van der Waals surface area contributed by atoms with Crippen molar-refractivity contribution in [1.29, 1.82) is 0 Å². The molecule has 1 N–H and O–H groups in total. The summed E-state index contributed by atoms with van der Waals surface area (Å²) < 4.78 is 0. The van der Waals surface area contributed by atoms with Gasteiger partial charge in [0.15, 0.2) is 5.78 Å². The van der Waals surface area contributed by atoms with Gasteiger partial charge in [-0.1, -0.05) is 57.2 Å². The fourth-order valence-corrected chi connectivity index (χ4v) is 3.27.